The van der Waals surface area contributed by atoms with Crippen molar-refractivity contribution in [1.29, 1.82) is 0 Å². The molecule has 0 saturated carbocycles. The van der Waals surface area contributed by atoms with E-state index in [0.29, 0.717) is 0 Å². The van der Waals surface area contributed by atoms with E-state index in [1.54, 1.807) is 4.74 Å². The summed E-state index contributed by atoms with van der Waals surface area (Å²) >= 11 is 0. The summed E-state index contributed by atoms with van der Waals surface area (Å²) in [5.41, 5.74) is 0. The molecule has 0 spiro atoms. The van der Waals surface area contributed by atoms with Crippen LogP contribution in [0.2, 0.25) is 0 Å². The van der Waals surface area contributed by atoms with Gasteiger partial charge in [-0.2, -0.15) is 43.5 Å². The normalized spacial score (nSPS) is 15.0. The molecule has 21 heavy (non-hydrogen) atoms. The van der Waals surface area contributed by atoms with Crippen LogP contribution >= 0.6 is 0 Å². The van der Waals surface area contributed by atoms with Crippen molar-refractivity contribution < 1.29 is 62.4 Å². The zero-order valence-electron chi connectivity index (χ0n) is 9.42. The number of carbonyl (C=O) groups excluding carboxylic acids is 1. The van der Waals surface area contributed by atoms with Crippen LogP contribution in [0.15, 0.2) is 0 Å². The summed E-state index contributed by atoms with van der Waals surface area (Å²) in [6, 6.07) is 0. The van der Waals surface area contributed by atoms with Crippen molar-refractivity contribution in [3.63, 3.8) is 0 Å². The van der Waals surface area contributed by atoms with Gasteiger partial charge in [-0.15, -0.1) is 0 Å². The van der Waals surface area contributed by atoms with Gasteiger partial charge in [-0.1, -0.05) is 0 Å². The summed E-state index contributed by atoms with van der Waals surface area (Å²) in [5, 5.41) is -6.68. The van der Waals surface area contributed by atoms with Crippen molar-refractivity contribution in [3.8, 4) is 0 Å². The summed E-state index contributed by atoms with van der Waals surface area (Å²) < 4.78 is 133. The highest BCUT2D eigenvalue weighted by Gasteiger charge is 2.75. The number of esters is 1. The van der Waals surface area contributed by atoms with Crippen molar-refractivity contribution in [3.05, 3.63) is 0 Å². The second kappa shape index (κ2) is 5.20. The molecule has 0 atom stereocenters. The monoisotopic (exact) mass is 356 g/mol. The molecule has 126 valence electrons. The second-order valence-corrected chi connectivity index (χ2v) is 4.70. The Hall–Kier alpha value is -1.22. The quantitative estimate of drug-likeness (QED) is 0.444. The van der Waals surface area contributed by atoms with Crippen molar-refractivity contribution in [1.82, 2.24) is 0 Å². The van der Waals surface area contributed by atoms with Gasteiger partial charge in [-0.25, -0.2) is 4.74 Å². The number of ether oxygens (including phenoxy) is 2. The molecule has 0 aliphatic carbocycles. The fourth-order valence-corrected chi connectivity index (χ4v) is 1.01. The molecule has 1 N–H and O–H groups in total. The van der Waals surface area contributed by atoms with Gasteiger partial charge >= 0.3 is 39.7 Å². The van der Waals surface area contributed by atoms with E-state index in [-0.39, 0.29) is 6.92 Å². The predicted octanol–water partition coefficient (Wildman–Crippen LogP) is 1.83. The first-order valence-corrected chi connectivity index (χ1v) is 5.69. The molecule has 0 unspecified atom stereocenters. The van der Waals surface area contributed by atoms with Gasteiger partial charge in [-0.3, -0.25) is 9.35 Å². The first-order chi connectivity index (χ1) is 8.87. The van der Waals surface area contributed by atoms with Crippen molar-refractivity contribution in [2.45, 2.75) is 30.5 Å². The molecular formula is C6H4F8O6S. The molecule has 0 bridgehead atoms. The standard InChI is InChI=1S/C6H4F8O6S/c1-2(15)19-3(7,8)4(9,10)20-5(11,12)6(13,14)21(16,17)18/h1H3,(H,16,17,18). The van der Waals surface area contributed by atoms with E-state index in [1.807, 2.05) is 0 Å². The van der Waals surface area contributed by atoms with Crippen molar-refractivity contribution in [2.24, 2.45) is 0 Å². The molecule has 0 rings (SSSR count). The number of rotatable bonds is 6. The third-order valence-corrected chi connectivity index (χ3v) is 2.42. The van der Waals surface area contributed by atoms with Gasteiger partial charge in [-0.05, 0) is 0 Å². The van der Waals surface area contributed by atoms with Crippen molar-refractivity contribution >= 4 is 16.1 Å². The summed E-state index contributed by atoms with van der Waals surface area (Å²) in [4.78, 5) is 10.1. The van der Waals surface area contributed by atoms with Crippen LogP contribution in [0.1, 0.15) is 6.92 Å². The Labute approximate surface area is 110 Å². The average Bonchev–Trinajstić information content (AvgIpc) is 2.10. The van der Waals surface area contributed by atoms with Crippen LogP contribution in [0, 0.1) is 0 Å². The largest absolute Gasteiger partial charge is 0.496 e. The summed E-state index contributed by atoms with van der Waals surface area (Å²) in [7, 11) is -7.00. The smallest absolute Gasteiger partial charge is 0.394 e. The second-order valence-electron chi connectivity index (χ2n) is 3.24. The van der Waals surface area contributed by atoms with Gasteiger partial charge in [0.15, 0.2) is 0 Å². The Morgan fingerprint density at radius 1 is 0.905 bits per heavy atom. The highest BCUT2D eigenvalue weighted by atomic mass is 32.2. The maximum absolute atomic E-state index is 12.6. The first-order valence-electron chi connectivity index (χ1n) is 4.25. The fraction of sp³-hybridized carbons (Fsp3) is 0.833. The maximum atomic E-state index is 12.6. The van der Waals surface area contributed by atoms with Gasteiger partial charge in [0.05, 0.1) is 0 Å². The van der Waals surface area contributed by atoms with E-state index < -0.39 is 39.7 Å². The molecule has 6 nitrogen and oxygen atoms in total. The topological polar surface area (TPSA) is 89.9 Å². The lowest BCUT2D eigenvalue weighted by atomic mass is 10.5. The van der Waals surface area contributed by atoms with E-state index in [4.69, 9.17) is 4.55 Å². The SMILES string of the molecule is CC(=O)OC(F)(F)C(F)(F)OC(F)(F)C(F)(F)S(=O)(=O)O. The Morgan fingerprint density at radius 2 is 1.29 bits per heavy atom. The molecule has 0 saturated heterocycles. The fourth-order valence-electron chi connectivity index (χ4n) is 0.670. The maximum Gasteiger partial charge on any atom is 0.496 e. The zero-order valence-corrected chi connectivity index (χ0v) is 10.2. The summed E-state index contributed by atoms with van der Waals surface area (Å²) in [6.07, 6.45) is -19.5. The minimum Gasteiger partial charge on any atom is -0.394 e. The highest BCUT2D eigenvalue weighted by Crippen LogP contribution is 2.46. The lowest BCUT2D eigenvalue weighted by molar-refractivity contribution is -0.489. The molecule has 0 aromatic heterocycles. The Morgan fingerprint density at radius 3 is 1.57 bits per heavy atom. The molecule has 0 aliphatic heterocycles. The number of carbonyl (C=O) groups is 1. The number of alkyl halides is 8. The molecule has 0 heterocycles. The zero-order chi connectivity index (χ0) is 17.5. The van der Waals surface area contributed by atoms with E-state index in [1.165, 1.54) is 0 Å². The highest BCUT2D eigenvalue weighted by molar-refractivity contribution is 7.86. The van der Waals surface area contributed by atoms with Crippen LogP contribution in [-0.4, -0.2) is 42.5 Å². The van der Waals surface area contributed by atoms with E-state index in [9.17, 15) is 48.3 Å². The van der Waals surface area contributed by atoms with Gasteiger partial charge < -0.3 is 4.74 Å². The molecule has 0 aliphatic rings. The minimum absolute atomic E-state index is 0.148. The van der Waals surface area contributed by atoms with E-state index >= 15 is 0 Å². The lowest BCUT2D eigenvalue weighted by Crippen LogP contribution is -2.56. The van der Waals surface area contributed by atoms with Crippen LogP contribution < -0.4 is 0 Å². The van der Waals surface area contributed by atoms with Crippen LogP contribution in [0.4, 0.5) is 35.1 Å². The van der Waals surface area contributed by atoms with Crippen molar-refractivity contribution in [2.75, 3.05) is 0 Å². The summed E-state index contributed by atoms with van der Waals surface area (Å²) in [5.74, 6) is -2.12. The van der Waals surface area contributed by atoms with Crippen LogP contribution in [-0.2, 0) is 24.4 Å². The number of hydrogen-bond donors (Lipinski definition) is 1. The Kier molecular flexibility index (Phi) is 4.90. The van der Waals surface area contributed by atoms with Crippen LogP contribution in [0.25, 0.3) is 0 Å². The average molecular weight is 356 g/mol. The lowest BCUT2D eigenvalue weighted by Gasteiger charge is -2.30. The molecule has 0 fully saturated rings. The molecule has 15 heteroatoms. The van der Waals surface area contributed by atoms with Crippen LogP contribution in [0.3, 0.4) is 0 Å². The molecular weight excluding hydrogens is 352 g/mol. The third-order valence-electron chi connectivity index (χ3n) is 1.53. The Balaban J connectivity index is 5.58. The number of halogens is 8. The van der Waals surface area contributed by atoms with E-state index in [0.717, 1.165) is 0 Å². The van der Waals surface area contributed by atoms with Gasteiger partial charge in [0.1, 0.15) is 0 Å². The molecule has 0 aromatic rings. The molecule has 0 aromatic carbocycles. The molecule has 0 amide bonds. The van der Waals surface area contributed by atoms with Gasteiger partial charge in [0.25, 0.3) is 0 Å². The van der Waals surface area contributed by atoms with Gasteiger partial charge in [0, 0.05) is 6.92 Å². The van der Waals surface area contributed by atoms with Gasteiger partial charge in [0.2, 0.25) is 0 Å². The predicted molar refractivity (Wildman–Crippen MR) is 44.2 cm³/mol. The Bertz CT molecular complexity index is 513. The third kappa shape index (κ3) is 3.91. The first kappa shape index (κ1) is 19.8. The summed E-state index contributed by atoms with van der Waals surface area (Å²) in [6.45, 7) is 0.148. The molecule has 0 radical (unpaired) electrons. The number of hydrogen-bond acceptors (Lipinski definition) is 5. The van der Waals surface area contributed by atoms with E-state index in [2.05, 4.69) is 4.74 Å². The minimum atomic E-state index is -7.00. The van der Waals surface area contributed by atoms with Crippen LogP contribution in [0.5, 0.6) is 0 Å².